The molecule has 1 saturated heterocycles. The van der Waals surface area contributed by atoms with Crippen molar-refractivity contribution < 1.29 is 19.4 Å². The number of aliphatic hydroxyl groups excluding tert-OH is 1. The van der Waals surface area contributed by atoms with E-state index < -0.39 is 17.7 Å². The molecule has 1 fully saturated rings. The number of thiazole rings is 1. The normalized spacial score (nSPS) is 17.8. The van der Waals surface area contributed by atoms with Crippen molar-refractivity contribution in [3.8, 4) is 5.75 Å². The van der Waals surface area contributed by atoms with Crippen LogP contribution in [0.25, 0.3) is 5.76 Å². The van der Waals surface area contributed by atoms with Crippen molar-refractivity contribution in [2.45, 2.75) is 25.8 Å². The molecule has 0 bridgehead atoms. The van der Waals surface area contributed by atoms with Crippen molar-refractivity contribution in [1.29, 1.82) is 0 Å². The third-order valence-corrected chi connectivity index (χ3v) is 5.71. The van der Waals surface area contributed by atoms with Gasteiger partial charge in [-0.25, -0.2) is 4.98 Å². The maximum Gasteiger partial charge on any atom is 0.301 e. The topological polar surface area (TPSA) is 92.6 Å². The Bertz CT molecular complexity index is 1110. The highest BCUT2D eigenvalue weighted by molar-refractivity contribution is 7.14. The van der Waals surface area contributed by atoms with Gasteiger partial charge >= 0.3 is 5.91 Å². The summed E-state index contributed by atoms with van der Waals surface area (Å²) >= 11 is 1.24. The van der Waals surface area contributed by atoms with Crippen molar-refractivity contribution in [2.75, 3.05) is 11.5 Å². The molecule has 0 saturated carbocycles. The highest BCUT2D eigenvalue weighted by atomic mass is 32.1. The number of unbranched alkanes of at least 4 members (excludes halogenated alkanes) is 1. The molecule has 7 nitrogen and oxygen atoms in total. The Labute approximate surface area is 183 Å². The maximum atomic E-state index is 13.0. The lowest BCUT2D eigenvalue weighted by molar-refractivity contribution is -0.132. The quantitative estimate of drug-likeness (QED) is 0.257. The summed E-state index contributed by atoms with van der Waals surface area (Å²) < 4.78 is 5.73. The fourth-order valence-electron chi connectivity index (χ4n) is 3.44. The van der Waals surface area contributed by atoms with Gasteiger partial charge < -0.3 is 9.84 Å². The van der Waals surface area contributed by atoms with E-state index in [2.05, 4.69) is 16.9 Å². The highest BCUT2D eigenvalue weighted by Crippen LogP contribution is 2.42. The molecular formula is C23H21N3O4S. The van der Waals surface area contributed by atoms with Crippen LogP contribution in [0.5, 0.6) is 5.75 Å². The fourth-order valence-corrected chi connectivity index (χ4v) is 4.11. The number of carbonyl (C=O) groups excluding carboxylic acids is 2. The van der Waals surface area contributed by atoms with Crippen LogP contribution < -0.4 is 9.64 Å². The van der Waals surface area contributed by atoms with Crippen molar-refractivity contribution in [1.82, 2.24) is 9.97 Å². The van der Waals surface area contributed by atoms with Gasteiger partial charge in [-0.3, -0.25) is 19.5 Å². The van der Waals surface area contributed by atoms with Gasteiger partial charge in [0.1, 0.15) is 11.5 Å². The number of nitrogens with zero attached hydrogens (tertiary/aromatic N) is 3. The fraction of sp³-hybridized carbons (Fsp3) is 0.217. The molecule has 1 aliphatic heterocycles. The number of pyridine rings is 1. The number of aromatic nitrogens is 2. The lowest BCUT2D eigenvalue weighted by atomic mass is 9.96. The van der Waals surface area contributed by atoms with Gasteiger partial charge in [-0.15, -0.1) is 11.3 Å². The molecule has 1 atom stereocenters. The molecule has 1 amide bonds. The van der Waals surface area contributed by atoms with Crippen LogP contribution in [0.1, 0.15) is 36.9 Å². The van der Waals surface area contributed by atoms with E-state index in [0.717, 1.165) is 12.8 Å². The van der Waals surface area contributed by atoms with Crippen molar-refractivity contribution in [3.05, 3.63) is 77.1 Å². The predicted molar refractivity (Wildman–Crippen MR) is 118 cm³/mol. The zero-order valence-electron chi connectivity index (χ0n) is 16.9. The summed E-state index contributed by atoms with van der Waals surface area (Å²) in [5.41, 5.74) is 1.01. The molecular weight excluding hydrogens is 414 g/mol. The van der Waals surface area contributed by atoms with E-state index in [0.29, 0.717) is 28.6 Å². The van der Waals surface area contributed by atoms with Gasteiger partial charge in [-0.05, 0) is 30.2 Å². The minimum atomic E-state index is -0.829. The third-order valence-electron chi connectivity index (χ3n) is 4.94. The van der Waals surface area contributed by atoms with Crippen LogP contribution in [0, 0.1) is 0 Å². The van der Waals surface area contributed by atoms with Crippen molar-refractivity contribution in [2.24, 2.45) is 0 Å². The second kappa shape index (κ2) is 9.09. The first kappa shape index (κ1) is 20.7. The number of Topliss-reactive ketones (excluding diaryl/α,β-unsaturated/α-hetero) is 1. The lowest BCUT2D eigenvalue weighted by Crippen LogP contribution is -2.29. The summed E-state index contributed by atoms with van der Waals surface area (Å²) in [7, 11) is 0. The number of ketones is 1. The smallest absolute Gasteiger partial charge is 0.301 e. The van der Waals surface area contributed by atoms with Gasteiger partial charge in [-0.1, -0.05) is 31.5 Å². The van der Waals surface area contributed by atoms with Crippen LogP contribution in [0.3, 0.4) is 0 Å². The van der Waals surface area contributed by atoms with Crippen molar-refractivity contribution >= 4 is 33.9 Å². The van der Waals surface area contributed by atoms with E-state index in [4.69, 9.17) is 4.74 Å². The minimum Gasteiger partial charge on any atom is -0.507 e. The van der Waals surface area contributed by atoms with Crippen LogP contribution in [0.2, 0.25) is 0 Å². The average Bonchev–Trinajstić information content (AvgIpc) is 3.41. The monoisotopic (exact) mass is 435 g/mol. The van der Waals surface area contributed by atoms with Crippen LogP contribution in [0.15, 0.2) is 65.9 Å². The molecule has 158 valence electrons. The number of ether oxygens (including phenoxy) is 1. The number of benzene rings is 1. The summed E-state index contributed by atoms with van der Waals surface area (Å²) in [5.74, 6) is -1.17. The first-order valence-corrected chi connectivity index (χ1v) is 10.8. The standard InChI is InChI=1S/C23H21N3O4S/c1-2-3-11-30-17-8-4-6-15(13-17)20(27)18-19(16-7-5-9-24-14-16)26(22(29)21(18)28)23-25-10-12-31-23/h4-10,12-14,19,27H,2-3,11H2,1H3/b20-18+. The predicted octanol–water partition coefficient (Wildman–Crippen LogP) is 4.34. The van der Waals surface area contributed by atoms with E-state index in [1.807, 2.05) is 0 Å². The molecule has 8 heteroatoms. The Kier molecular flexibility index (Phi) is 6.08. The van der Waals surface area contributed by atoms with E-state index in [1.165, 1.54) is 16.2 Å². The third kappa shape index (κ3) is 4.06. The summed E-state index contributed by atoms with van der Waals surface area (Å²) in [6.45, 7) is 2.64. The molecule has 3 aromatic rings. The Morgan fingerprint density at radius 1 is 1.23 bits per heavy atom. The number of hydrogen-bond acceptors (Lipinski definition) is 7. The molecule has 2 aromatic heterocycles. The van der Waals surface area contributed by atoms with Crippen LogP contribution in [0.4, 0.5) is 5.13 Å². The van der Waals surface area contributed by atoms with Crippen LogP contribution in [-0.4, -0.2) is 33.4 Å². The molecule has 1 aromatic carbocycles. The second-order valence-corrected chi connectivity index (χ2v) is 7.87. The summed E-state index contributed by atoms with van der Waals surface area (Å²) in [6.07, 6.45) is 6.67. The molecule has 4 rings (SSSR count). The van der Waals surface area contributed by atoms with Crippen LogP contribution in [-0.2, 0) is 9.59 Å². The lowest BCUT2D eigenvalue weighted by Gasteiger charge is -2.22. The average molecular weight is 436 g/mol. The van der Waals surface area contributed by atoms with Crippen molar-refractivity contribution in [3.63, 3.8) is 0 Å². The Morgan fingerprint density at radius 2 is 2.10 bits per heavy atom. The maximum absolute atomic E-state index is 13.0. The van der Waals surface area contributed by atoms with E-state index in [-0.39, 0.29) is 11.3 Å². The first-order valence-electron chi connectivity index (χ1n) is 9.95. The number of aliphatic hydroxyl groups is 1. The number of amides is 1. The molecule has 0 aliphatic carbocycles. The molecule has 1 unspecified atom stereocenters. The van der Waals surface area contributed by atoms with Gasteiger partial charge in [0.2, 0.25) is 0 Å². The van der Waals surface area contributed by atoms with E-state index in [1.54, 1.807) is 60.4 Å². The Morgan fingerprint density at radius 3 is 2.81 bits per heavy atom. The Balaban J connectivity index is 1.81. The number of hydrogen-bond donors (Lipinski definition) is 1. The first-order chi connectivity index (χ1) is 15.1. The van der Waals surface area contributed by atoms with Gasteiger partial charge in [0.15, 0.2) is 5.13 Å². The zero-order valence-corrected chi connectivity index (χ0v) is 17.7. The molecule has 0 radical (unpaired) electrons. The largest absolute Gasteiger partial charge is 0.507 e. The number of carbonyl (C=O) groups is 2. The van der Waals surface area contributed by atoms with Gasteiger partial charge in [0.25, 0.3) is 5.78 Å². The number of rotatable bonds is 7. The minimum absolute atomic E-state index is 0.00101. The molecule has 1 N–H and O–H groups in total. The molecule has 3 heterocycles. The van der Waals surface area contributed by atoms with E-state index >= 15 is 0 Å². The SMILES string of the molecule is CCCCOc1cccc(/C(O)=C2\C(=O)C(=O)N(c3nccs3)C2c2cccnc2)c1. The van der Waals surface area contributed by atoms with Gasteiger partial charge in [-0.2, -0.15) is 0 Å². The summed E-state index contributed by atoms with van der Waals surface area (Å²) in [6, 6.07) is 9.54. The molecule has 31 heavy (non-hydrogen) atoms. The highest BCUT2D eigenvalue weighted by Gasteiger charge is 2.48. The van der Waals surface area contributed by atoms with E-state index in [9.17, 15) is 14.7 Å². The van der Waals surface area contributed by atoms with Gasteiger partial charge in [0.05, 0.1) is 18.2 Å². The second-order valence-electron chi connectivity index (χ2n) is 7.00. The van der Waals surface area contributed by atoms with Crippen LogP contribution >= 0.6 is 11.3 Å². The Hall–Kier alpha value is -3.52. The summed E-state index contributed by atoms with van der Waals surface area (Å²) in [5, 5.41) is 13.2. The number of anilines is 1. The molecule has 0 spiro atoms. The summed E-state index contributed by atoms with van der Waals surface area (Å²) in [4.78, 5) is 35.6. The molecule has 1 aliphatic rings. The zero-order chi connectivity index (χ0) is 21.8. The van der Waals surface area contributed by atoms with Gasteiger partial charge in [0, 0.05) is 29.5 Å².